The van der Waals surface area contributed by atoms with E-state index in [1.807, 2.05) is 31.2 Å². The van der Waals surface area contributed by atoms with Crippen molar-refractivity contribution in [1.82, 2.24) is 9.55 Å². The van der Waals surface area contributed by atoms with E-state index < -0.39 is 5.97 Å². The molecule has 5 nitrogen and oxygen atoms in total. The lowest BCUT2D eigenvalue weighted by Gasteiger charge is -2.05. The highest BCUT2D eigenvalue weighted by atomic mass is 32.1. The van der Waals surface area contributed by atoms with Gasteiger partial charge in [-0.2, -0.15) is 0 Å². The van der Waals surface area contributed by atoms with Gasteiger partial charge in [-0.15, -0.1) is 11.3 Å². The maximum atomic E-state index is 12.8. The van der Waals surface area contributed by atoms with Crippen LogP contribution in [0.1, 0.15) is 27.7 Å². The first-order chi connectivity index (χ1) is 11.0. The molecular formula is C17H16N2O3S. The lowest BCUT2D eigenvalue weighted by molar-refractivity contribution is 0.0531. The molecule has 2 aromatic heterocycles. The van der Waals surface area contributed by atoms with E-state index in [0.717, 1.165) is 11.3 Å². The van der Waals surface area contributed by atoms with Crippen LogP contribution < -0.4 is 5.56 Å². The van der Waals surface area contributed by atoms with Gasteiger partial charge in [0.2, 0.25) is 0 Å². The summed E-state index contributed by atoms with van der Waals surface area (Å²) in [6, 6.07) is 7.63. The van der Waals surface area contributed by atoms with E-state index in [-0.39, 0.29) is 5.56 Å². The number of aromatic nitrogens is 2. The van der Waals surface area contributed by atoms with Crippen LogP contribution in [0.25, 0.3) is 15.9 Å². The van der Waals surface area contributed by atoms with Gasteiger partial charge in [-0.05, 0) is 38.5 Å². The second-order valence-corrected chi connectivity index (χ2v) is 6.21. The fraction of sp³-hybridized carbons (Fsp3) is 0.235. The largest absolute Gasteiger partial charge is 0.462 e. The summed E-state index contributed by atoms with van der Waals surface area (Å²) in [5.41, 5.74) is 2.32. The minimum atomic E-state index is -0.408. The summed E-state index contributed by atoms with van der Waals surface area (Å²) in [6.45, 7) is 5.80. The fourth-order valence-corrected chi connectivity index (χ4v) is 3.44. The van der Waals surface area contributed by atoms with Gasteiger partial charge in [-0.1, -0.05) is 17.7 Å². The zero-order valence-electron chi connectivity index (χ0n) is 13.1. The Kier molecular flexibility index (Phi) is 4.00. The SMILES string of the molecule is CCOC(=O)c1sc2ncn(-c3ccc(C)cc3)c(=O)c2c1C. The van der Waals surface area contributed by atoms with Gasteiger partial charge in [-0.25, -0.2) is 9.78 Å². The summed E-state index contributed by atoms with van der Waals surface area (Å²) >= 11 is 1.19. The van der Waals surface area contributed by atoms with Crippen LogP contribution in [0.15, 0.2) is 35.4 Å². The van der Waals surface area contributed by atoms with Gasteiger partial charge >= 0.3 is 5.97 Å². The Morgan fingerprint density at radius 2 is 1.96 bits per heavy atom. The molecule has 0 saturated carbocycles. The van der Waals surface area contributed by atoms with E-state index in [1.165, 1.54) is 22.2 Å². The molecule has 3 rings (SSSR count). The van der Waals surface area contributed by atoms with Crippen molar-refractivity contribution in [3.63, 3.8) is 0 Å². The zero-order chi connectivity index (χ0) is 16.6. The van der Waals surface area contributed by atoms with E-state index in [4.69, 9.17) is 4.74 Å². The number of carbonyl (C=O) groups is 1. The highest BCUT2D eigenvalue weighted by Crippen LogP contribution is 2.27. The average molecular weight is 328 g/mol. The van der Waals surface area contributed by atoms with Crippen LogP contribution in [0.3, 0.4) is 0 Å². The molecule has 2 heterocycles. The van der Waals surface area contributed by atoms with E-state index in [9.17, 15) is 9.59 Å². The summed E-state index contributed by atoms with van der Waals surface area (Å²) in [4.78, 5) is 30.1. The van der Waals surface area contributed by atoms with Crippen LogP contribution in [0, 0.1) is 13.8 Å². The summed E-state index contributed by atoms with van der Waals surface area (Å²) in [6.07, 6.45) is 1.50. The number of hydrogen-bond donors (Lipinski definition) is 0. The molecule has 1 aromatic carbocycles. The monoisotopic (exact) mass is 328 g/mol. The maximum Gasteiger partial charge on any atom is 0.348 e. The first kappa shape index (κ1) is 15.4. The van der Waals surface area contributed by atoms with Crippen molar-refractivity contribution in [3.8, 4) is 5.69 Å². The number of aryl methyl sites for hydroxylation is 2. The van der Waals surface area contributed by atoms with Gasteiger partial charge in [0.1, 0.15) is 16.0 Å². The summed E-state index contributed by atoms with van der Waals surface area (Å²) in [5.74, 6) is -0.408. The highest BCUT2D eigenvalue weighted by molar-refractivity contribution is 7.20. The van der Waals surface area contributed by atoms with Crippen molar-refractivity contribution in [2.24, 2.45) is 0 Å². The van der Waals surface area contributed by atoms with Crippen LogP contribution in [0.2, 0.25) is 0 Å². The number of thiophene rings is 1. The van der Waals surface area contributed by atoms with Gasteiger partial charge in [0, 0.05) is 0 Å². The Labute approximate surface area is 137 Å². The molecule has 0 aliphatic heterocycles. The second kappa shape index (κ2) is 5.96. The molecule has 0 aliphatic rings. The van der Waals surface area contributed by atoms with E-state index >= 15 is 0 Å². The fourth-order valence-electron chi connectivity index (χ4n) is 2.40. The Balaban J connectivity index is 2.19. The third kappa shape index (κ3) is 2.66. The van der Waals surface area contributed by atoms with Gasteiger partial charge in [-0.3, -0.25) is 9.36 Å². The molecule has 118 valence electrons. The van der Waals surface area contributed by atoms with E-state index in [1.54, 1.807) is 13.8 Å². The van der Waals surface area contributed by atoms with Crippen molar-refractivity contribution in [2.45, 2.75) is 20.8 Å². The molecular weight excluding hydrogens is 312 g/mol. The number of benzene rings is 1. The Morgan fingerprint density at radius 3 is 2.61 bits per heavy atom. The van der Waals surface area contributed by atoms with Gasteiger partial charge in [0.15, 0.2) is 0 Å². The molecule has 0 bridgehead atoms. The third-order valence-corrected chi connectivity index (χ3v) is 4.80. The van der Waals surface area contributed by atoms with Crippen LogP contribution in [0.4, 0.5) is 0 Å². The van der Waals surface area contributed by atoms with Gasteiger partial charge in [0.25, 0.3) is 5.56 Å². The minimum absolute atomic E-state index is 0.178. The van der Waals surface area contributed by atoms with Gasteiger partial charge in [0.05, 0.1) is 17.7 Å². The van der Waals surface area contributed by atoms with Crippen molar-refractivity contribution in [1.29, 1.82) is 0 Å². The minimum Gasteiger partial charge on any atom is -0.462 e. The summed E-state index contributed by atoms with van der Waals surface area (Å²) in [5, 5.41) is 0.473. The molecule has 0 saturated heterocycles. The van der Waals surface area contributed by atoms with Crippen LogP contribution in [-0.4, -0.2) is 22.1 Å². The molecule has 3 aromatic rings. The topological polar surface area (TPSA) is 61.2 Å². The molecule has 0 spiro atoms. The number of carbonyl (C=O) groups excluding carboxylic acids is 1. The maximum absolute atomic E-state index is 12.8. The van der Waals surface area contributed by atoms with E-state index in [2.05, 4.69) is 4.98 Å². The number of esters is 1. The number of nitrogens with zero attached hydrogens (tertiary/aromatic N) is 2. The van der Waals surface area contributed by atoms with E-state index in [0.29, 0.717) is 27.3 Å². The standard InChI is InChI=1S/C17H16N2O3S/c1-4-22-17(21)14-11(3)13-15(23-14)18-9-19(16(13)20)12-7-5-10(2)6-8-12/h5-9H,4H2,1-3H3. The number of hydrogen-bond acceptors (Lipinski definition) is 5. The van der Waals surface area contributed by atoms with Gasteiger partial charge < -0.3 is 4.74 Å². The molecule has 0 amide bonds. The average Bonchev–Trinajstić information content (AvgIpc) is 2.87. The van der Waals surface area contributed by atoms with Crippen molar-refractivity contribution in [3.05, 3.63) is 57.0 Å². The predicted octanol–water partition coefficient (Wildman–Crippen LogP) is 3.24. The quantitative estimate of drug-likeness (QED) is 0.693. The molecule has 0 N–H and O–H groups in total. The first-order valence-corrected chi connectivity index (χ1v) is 8.09. The van der Waals surface area contributed by atoms with Crippen LogP contribution >= 0.6 is 11.3 Å². The smallest absolute Gasteiger partial charge is 0.348 e. The normalized spacial score (nSPS) is 10.9. The van der Waals surface area contributed by atoms with Crippen LogP contribution in [0.5, 0.6) is 0 Å². The Bertz CT molecular complexity index is 939. The van der Waals surface area contributed by atoms with Crippen molar-refractivity contribution >= 4 is 27.5 Å². The Hall–Kier alpha value is -2.47. The lowest BCUT2D eigenvalue weighted by atomic mass is 10.2. The van der Waals surface area contributed by atoms with Crippen LogP contribution in [-0.2, 0) is 4.74 Å². The Morgan fingerprint density at radius 1 is 1.26 bits per heavy atom. The first-order valence-electron chi connectivity index (χ1n) is 7.27. The number of ether oxygens (including phenoxy) is 1. The van der Waals surface area contributed by atoms with Crippen molar-refractivity contribution < 1.29 is 9.53 Å². The molecule has 0 radical (unpaired) electrons. The third-order valence-electron chi connectivity index (χ3n) is 3.62. The lowest BCUT2D eigenvalue weighted by Crippen LogP contribution is -2.18. The molecule has 0 aliphatic carbocycles. The molecule has 0 atom stereocenters. The molecule has 0 unspecified atom stereocenters. The summed E-state index contributed by atoms with van der Waals surface area (Å²) in [7, 11) is 0. The second-order valence-electron chi connectivity index (χ2n) is 5.21. The highest BCUT2D eigenvalue weighted by Gasteiger charge is 2.20. The number of rotatable bonds is 3. The van der Waals surface area contributed by atoms with Crippen molar-refractivity contribution in [2.75, 3.05) is 6.61 Å². The number of fused-ring (bicyclic) bond motifs is 1. The summed E-state index contributed by atoms with van der Waals surface area (Å²) < 4.78 is 6.54. The molecule has 23 heavy (non-hydrogen) atoms. The molecule has 6 heteroatoms. The predicted molar refractivity (Wildman–Crippen MR) is 90.6 cm³/mol. The zero-order valence-corrected chi connectivity index (χ0v) is 13.9. The molecule has 0 fully saturated rings.